The van der Waals surface area contributed by atoms with Crippen molar-refractivity contribution in [1.82, 2.24) is 19.9 Å². The van der Waals surface area contributed by atoms with E-state index in [0.29, 0.717) is 54.3 Å². The Hall–Kier alpha value is -3.98. The van der Waals surface area contributed by atoms with Gasteiger partial charge in [0.2, 0.25) is 11.9 Å². The molecule has 6 rings (SSSR count). The number of benzene rings is 2. The van der Waals surface area contributed by atoms with Gasteiger partial charge in [0, 0.05) is 38.1 Å². The quantitative estimate of drug-likeness (QED) is 0.159. The molecule has 2 atom stereocenters. The number of hydrogen-bond acceptors (Lipinski definition) is 10. The lowest BCUT2D eigenvalue weighted by atomic mass is 9.85. The molecule has 49 heavy (non-hydrogen) atoms. The Bertz CT molecular complexity index is 1760. The third-order valence-corrected chi connectivity index (χ3v) is 9.82. The molecule has 2 aromatic heterocycles. The van der Waals surface area contributed by atoms with E-state index in [1.807, 2.05) is 11.8 Å². The zero-order valence-electron chi connectivity index (χ0n) is 27.1. The number of piperidine rings is 2. The average molecular weight is 716 g/mol. The Morgan fingerprint density at radius 2 is 1.53 bits per heavy atom. The van der Waals surface area contributed by atoms with Gasteiger partial charge < -0.3 is 20.3 Å². The van der Waals surface area contributed by atoms with Gasteiger partial charge in [-0.05, 0) is 80.8 Å². The molecule has 2 aliphatic rings. The highest BCUT2D eigenvalue weighted by atomic mass is 35.5. The largest absolute Gasteiger partial charge is 0.490 e. The summed E-state index contributed by atoms with van der Waals surface area (Å²) in [5.41, 5.74) is 7.64. The molecule has 0 amide bonds. The molecule has 11 nitrogen and oxygen atoms in total. The van der Waals surface area contributed by atoms with Gasteiger partial charge in [-0.25, -0.2) is 28.7 Å². The second kappa shape index (κ2) is 16.6. The minimum absolute atomic E-state index is 0.0666. The molecule has 2 fully saturated rings. The van der Waals surface area contributed by atoms with Crippen LogP contribution in [0.4, 0.5) is 20.7 Å². The number of nitrogens with zero attached hydrogens (tertiary/aromatic N) is 6. The molecular formula is C34H40ClF2N7O4S. The van der Waals surface area contributed by atoms with Gasteiger partial charge in [0.15, 0.2) is 5.75 Å². The number of ether oxygens (including phenoxy) is 1. The third kappa shape index (κ3) is 10.3. The third-order valence-electron chi connectivity index (χ3n) is 8.76. The van der Waals surface area contributed by atoms with Gasteiger partial charge in [-0.2, -0.15) is 8.42 Å². The second-order valence-electron chi connectivity index (χ2n) is 12.3. The van der Waals surface area contributed by atoms with Crippen molar-refractivity contribution in [3.63, 3.8) is 0 Å². The van der Waals surface area contributed by atoms with Crippen LogP contribution in [0.2, 0.25) is 5.02 Å². The van der Waals surface area contributed by atoms with Gasteiger partial charge >= 0.3 is 0 Å². The minimum atomic E-state index is -4.02. The predicted octanol–water partition coefficient (Wildman–Crippen LogP) is 5.84. The smallest absolute Gasteiger partial charge is 0.294 e. The Morgan fingerprint density at radius 3 is 2.16 bits per heavy atom. The summed E-state index contributed by atoms with van der Waals surface area (Å²) in [6.45, 7) is 5.41. The van der Waals surface area contributed by atoms with Gasteiger partial charge in [-0.1, -0.05) is 29.3 Å². The summed E-state index contributed by atoms with van der Waals surface area (Å²) in [6.07, 6.45) is 11.5. The number of nitrogens with two attached hydrogens (primary N) is 1. The Kier molecular flexibility index (Phi) is 12.3. The van der Waals surface area contributed by atoms with E-state index in [0.717, 1.165) is 62.4 Å². The van der Waals surface area contributed by atoms with Crippen LogP contribution >= 0.6 is 11.6 Å². The number of halogens is 3. The van der Waals surface area contributed by atoms with Crippen LogP contribution in [0.5, 0.6) is 5.75 Å². The van der Waals surface area contributed by atoms with Crippen molar-refractivity contribution in [3.05, 3.63) is 95.0 Å². The van der Waals surface area contributed by atoms with Crippen LogP contribution in [0.15, 0.2) is 72.1 Å². The fourth-order valence-corrected chi connectivity index (χ4v) is 6.64. The van der Waals surface area contributed by atoms with Crippen LogP contribution in [-0.2, 0) is 10.1 Å². The first-order valence-electron chi connectivity index (χ1n) is 16.1. The molecule has 0 saturated carbocycles. The highest BCUT2D eigenvalue weighted by molar-refractivity contribution is 7.85. The van der Waals surface area contributed by atoms with E-state index >= 15 is 0 Å². The molecule has 3 N–H and O–H groups in total. The molecule has 0 spiro atoms. The molecule has 4 heterocycles. The molecule has 0 bridgehead atoms. The molecule has 0 unspecified atom stereocenters. The fraction of sp³-hybridized carbons (Fsp3) is 0.412. The van der Waals surface area contributed by atoms with E-state index in [1.54, 1.807) is 36.9 Å². The lowest BCUT2D eigenvalue weighted by molar-refractivity contribution is 0.277. The Labute approximate surface area is 290 Å². The average Bonchev–Trinajstić information content (AvgIpc) is 3.09. The van der Waals surface area contributed by atoms with Crippen LogP contribution in [-0.4, -0.2) is 71.7 Å². The fourth-order valence-electron chi connectivity index (χ4n) is 6.06. The molecule has 2 aromatic carbocycles. The lowest BCUT2D eigenvalue weighted by Crippen LogP contribution is -2.48. The van der Waals surface area contributed by atoms with Crippen molar-refractivity contribution < 1.29 is 26.5 Å². The topological polar surface area (TPSA) is 148 Å². The number of aryl methyl sites for hydroxylation is 1. The van der Waals surface area contributed by atoms with E-state index in [1.165, 1.54) is 18.2 Å². The molecule has 0 radical (unpaired) electrons. The molecule has 262 valence electrons. The molecule has 2 aliphatic heterocycles. The van der Waals surface area contributed by atoms with Gasteiger partial charge in [0.25, 0.3) is 10.1 Å². The van der Waals surface area contributed by atoms with Crippen molar-refractivity contribution in [3.8, 4) is 5.75 Å². The van der Waals surface area contributed by atoms with Gasteiger partial charge in [-0.15, -0.1) is 0 Å². The Balaban J connectivity index is 0.000000363. The highest BCUT2D eigenvalue weighted by Gasteiger charge is 2.31. The normalized spacial score (nSPS) is 18.5. The van der Waals surface area contributed by atoms with Crippen LogP contribution < -0.4 is 20.3 Å². The maximum absolute atomic E-state index is 14.2. The predicted molar refractivity (Wildman–Crippen MR) is 184 cm³/mol. The summed E-state index contributed by atoms with van der Waals surface area (Å²) in [5, 5.41) is 0.549. The monoisotopic (exact) mass is 715 g/mol. The summed E-state index contributed by atoms with van der Waals surface area (Å²) in [6, 6.07) is 9.16. The van der Waals surface area contributed by atoms with Crippen molar-refractivity contribution >= 4 is 33.6 Å². The van der Waals surface area contributed by atoms with E-state index < -0.39 is 21.8 Å². The van der Waals surface area contributed by atoms with E-state index in [4.69, 9.17) is 26.6 Å². The number of anilines is 2. The maximum atomic E-state index is 14.2. The lowest BCUT2D eigenvalue weighted by Gasteiger charge is -2.37. The highest BCUT2D eigenvalue weighted by Crippen LogP contribution is 2.31. The zero-order valence-corrected chi connectivity index (χ0v) is 28.7. The summed E-state index contributed by atoms with van der Waals surface area (Å²) in [4.78, 5) is 21.6. The zero-order chi connectivity index (χ0) is 35.0. The molecule has 2 saturated heterocycles. The SMILES string of the molecule is Cc1ccc(S(=O)(=O)O)cc1.N[C@@H]1CN(c2ncc(OCCCC3CCN(c4ncc(Cl)cn4)CC3)cn2)CC[C@H]1c1cc(F)ccc1F. The standard InChI is InChI=1S/C27H32ClF2N7O.C7H8O3S/c28-19-13-32-26(33-14-19)36-8-5-18(6-9-36)2-1-11-38-21-15-34-27(35-16-21)37-10-7-22(25(31)17-37)23-12-20(29)3-4-24(23)30;1-6-2-4-7(5-3-6)11(8,9)10/h3-4,12-16,18,22,25H,1-2,5-11,17,31H2;2-5H,1H3,(H,8,9,10)/t22-,25+;/m0./s1. The Morgan fingerprint density at radius 1 is 0.918 bits per heavy atom. The van der Waals surface area contributed by atoms with Gasteiger partial charge in [-0.3, -0.25) is 4.55 Å². The summed E-state index contributed by atoms with van der Waals surface area (Å²) in [7, 11) is -4.02. The molecule has 0 aliphatic carbocycles. The minimum Gasteiger partial charge on any atom is -0.490 e. The van der Waals surface area contributed by atoms with E-state index in [9.17, 15) is 17.2 Å². The van der Waals surface area contributed by atoms with Crippen molar-refractivity contribution in [2.24, 2.45) is 11.7 Å². The van der Waals surface area contributed by atoms with Crippen molar-refractivity contribution in [1.29, 1.82) is 0 Å². The van der Waals surface area contributed by atoms with Gasteiger partial charge in [0.05, 0.1) is 41.3 Å². The van der Waals surface area contributed by atoms with E-state index in [2.05, 4.69) is 24.8 Å². The number of hydrogen-bond donors (Lipinski definition) is 2. The van der Waals surface area contributed by atoms with Crippen LogP contribution in [0.25, 0.3) is 0 Å². The van der Waals surface area contributed by atoms with Crippen molar-refractivity contribution in [2.45, 2.75) is 55.9 Å². The first kappa shape index (κ1) is 36.3. The first-order chi connectivity index (χ1) is 23.5. The molecule has 4 aromatic rings. The van der Waals surface area contributed by atoms with E-state index in [-0.39, 0.29) is 16.9 Å². The first-order valence-corrected chi connectivity index (χ1v) is 17.9. The second-order valence-corrected chi connectivity index (χ2v) is 14.2. The van der Waals surface area contributed by atoms with Crippen molar-refractivity contribution in [2.75, 3.05) is 42.6 Å². The van der Waals surface area contributed by atoms with Gasteiger partial charge in [0.1, 0.15) is 11.6 Å². The van der Waals surface area contributed by atoms with Crippen LogP contribution in [0.1, 0.15) is 49.1 Å². The number of rotatable bonds is 9. The molecular weight excluding hydrogens is 676 g/mol. The van der Waals surface area contributed by atoms with Crippen LogP contribution in [0, 0.1) is 24.5 Å². The maximum Gasteiger partial charge on any atom is 0.294 e. The van der Waals surface area contributed by atoms with Crippen LogP contribution in [0.3, 0.4) is 0 Å². The number of aromatic nitrogens is 4. The molecule has 15 heteroatoms. The summed E-state index contributed by atoms with van der Waals surface area (Å²) in [5.74, 6) is 1.47. The summed E-state index contributed by atoms with van der Waals surface area (Å²) < 4.78 is 63.3. The summed E-state index contributed by atoms with van der Waals surface area (Å²) >= 11 is 5.88.